The Hall–Kier alpha value is -2.66. The first-order chi connectivity index (χ1) is 11.2. The Morgan fingerprint density at radius 2 is 2.00 bits per heavy atom. The van der Waals surface area contributed by atoms with E-state index >= 15 is 0 Å². The van der Waals surface area contributed by atoms with Crippen LogP contribution in [0.1, 0.15) is 17.2 Å². The summed E-state index contributed by atoms with van der Waals surface area (Å²) in [4.78, 5) is 15.1. The van der Waals surface area contributed by atoms with Gasteiger partial charge in [-0.25, -0.2) is 9.18 Å². The van der Waals surface area contributed by atoms with Crippen molar-refractivity contribution in [3.63, 3.8) is 0 Å². The van der Waals surface area contributed by atoms with E-state index in [2.05, 4.69) is 16.4 Å². The molecule has 1 aromatic heterocycles. The Morgan fingerprint density at radius 3 is 2.74 bits per heavy atom. The van der Waals surface area contributed by atoms with Gasteiger partial charge in [0.15, 0.2) is 0 Å². The lowest BCUT2D eigenvalue weighted by Crippen LogP contribution is -2.29. The molecule has 1 atom stereocenters. The van der Waals surface area contributed by atoms with Crippen molar-refractivity contribution >= 4 is 16.9 Å². The van der Waals surface area contributed by atoms with E-state index in [4.69, 9.17) is 4.74 Å². The van der Waals surface area contributed by atoms with Gasteiger partial charge < -0.3 is 9.72 Å². The third kappa shape index (κ3) is 3.40. The summed E-state index contributed by atoms with van der Waals surface area (Å²) >= 11 is 0. The molecule has 2 aromatic carbocycles. The van der Waals surface area contributed by atoms with Gasteiger partial charge in [0.05, 0.1) is 7.11 Å². The number of methoxy groups -OCH3 is 1. The number of esters is 1. The zero-order chi connectivity index (χ0) is 16.2. The third-order valence-corrected chi connectivity index (χ3v) is 3.77. The van der Waals surface area contributed by atoms with Gasteiger partial charge in [0.25, 0.3) is 0 Å². The Labute approximate surface area is 133 Å². The van der Waals surface area contributed by atoms with Crippen molar-refractivity contribution in [1.82, 2.24) is 10.3 Å². The van der Waals surface area contributed by atoms with E-state index in [0.717, 1.165) is 16.5 Å². The molecule has 2 N–H and O–H groups in total. The molecule has 0 fully saturated rings. The summed E-state index contributed by atoms with van der Waals surface area (Å²) in [6, 6.07) is 13.2. The van der Waals surface area contributed by atoms with E-state index in [1.54, 1.807) is 12.1 Å². The number of ether oxygens (including phenoxy) is 1. The van der Waals surface area contributed by atoms with Crippen molar-refractivity contribution < 1.29 is 13.9 Å². The van der Waals surface area contributed by atoms with Crippen molar-refractivity contribution in [3.8, 4) is 0 Å². The van der Waals surface area contributed by atoms with Crippen LogP contribution < -0.4 is 5.32 Å². The summed E-state index contributed by atoms with van der Waals surface area (Å²) in [6.45, 7) is 0.498. The van der Waals surface area contributed by atoms with Crippen LogP contribution in [0, 0.1) is 5.82 Å². The number of rotatable bonds is 5. The lowest BCUT2D eigenvalue weighted by Gasteiger charge is -2.17. The van der Waals surface area contributed by atoms with Crippen molar-refractivity contribution in [2.45, 2.75) is 12.6 Å². The molecule has 0 saturated heterocycles. The zero-order valence-corrected chi connectivity index (χ0v) is 12.7. The normalized spacial score (nSPS) is 12.3. The summed E-state index contributed by atoms with van der Waals surface area (Å²) in [5.74, 6) is -0.741. The third-order valence-electron chi connectivity index (χ3n) is 3.77. The largest absolute Gasteiger partial charge is 0.468 e. The molecule has 0 aliphatic rings. The standard InChI is InChI=1S/C18H17FN2O2/c1-23-18(22)17(13-3-5-15(19)6-4-13)21-11-12-2-7-16-14(10-12)8-9-20-16/h2-10,17,20-21H,11H2,1H3. The van der Waals surface area contributed by atoms with E-state index in [9.17, 15) is 9.18 Å². The fourth-order valence-corrected chi connectivity index (χ4v) is 2.54. The minimum absolute atomic E-state index is 0.338. The lowest BCUT2D eigenvalue weighted by atomic mass is 10.1. The molecule has 5 heteroatoms. The number of fused-ring (bicyclic) bond motifs is 1. The van der Waals surface area contributed by atoms with E-state index in [-0.39, 0.29) is 5.82 Å². The van der Waals surface area contributed by atoms with Gasteiger partial charge in [-0.3, -0.25) is 5.32 Å². The first kappa shape index (κ1) is 15.2. The van der Waals surface area contributed by atoms with E-state index in [1.165, 1.54) is 19.2 Å². The number of hydrogen-bond donors (Lipinski definition) is 2. The molecule has 0 spiro atoms. The van der Waals surface area contributed by atoms with Crippen LogP contribution in [0.3, 0.4) is 0 Å². The molecule has 0 saturated carbocycles. The second kappa shape index (κ2) is 6.62. The zero-order valence-electron chi connectivity index (χ0n) is 12.7. The second-order valence-corrected chi connectivity index (χ2v) is 5.29. The SMILES string of the molecule is COC(=O)C(NCc1ccc2[nH]ccc2c1)c1ccc(F)cc1. The molecule has 0 aliphatic heterocycles. The van der Waals surface area contributed by atoms with Crippen molar-refractivity contribution in [3.05, 3.63) is 71.7 Å². The van der Waals surface area contributed by atoms with Crippen molar-refractivity contribution in [1.29, 1.82) is 0 Å². The Bertz CT molecular complexity index is 811. The molecule has 3 aromatic rings. The molecule has 0 bridgehead atoms. The Kier molecular flexibility index (Phi) is 4.39. The smallest absolute Gasteiger partial charge is 0.327 e. The molecule has 23 heavy (non-hydrogen) atoms. The molecular weight excluding hydrogens is 295 g/mol. The van der Waals surface area contributed by atoms with Crippen LogP contribution >= 0.6 is 0 Å². The molecular formula is C18H17FN2O2. The van der Waals surface area contributed by atoms with E-state index < -0.39 is 12.0 Å². The van der Waals surface area contributed by atoms with Gasteiger partial charge in [-0.05, 0) is 46.8 Å². The monoisotopic (exact) mass is 312 g/mol. The number of nitrogens with one attached hydrogen (secondary N) is 2. The number of carbonyl (C=O) groups is 1. The van der Waals surface area contributed by atoms with Crippen LogP contribution in [0.15, 0.2) is 54.7 Å². The highest BCUT2D eigenvalue weighted by atomic mass is 19.1. The van der Waals surface area contributed by atoms with Crippen LogP contribution in [-0.2, 0) is 16.1 Å². The second-order valence-electron chi connectivity index (χ2n) is 5.29. The van der Waals surface area contributed by atoms with Gasteiger partial charge in [0, 0.05) is 18.3 Å². The predicted molar refractivity (Wildman–Crippen MR) is 86.3 cm³/mol. The Balaban J connectivity index is 1.78. The van der Waals surface area contributed by atoms with Gasteiger partial charge in [-0.1, -0.05) is 18.2 Å². The molecule has 1 heterocycles. The average molecular weight is 312 g/mol. The molecule has 0 amide bonds. The molecule has 0 radical (unpaired) electrons. The van der Waals surface area contributed by atoms with Crippen LogP contribution in [0.25, 0.3) is 10.9 Å². The highest BCUT2D eigenvalue weighted by Gasteiger charge is 2.20. The number of halogens is 1. The number of aromatic amines is 1. The topological polar surface area (TPSA) is 54.1 Å². The van der Waals surface area contributed by atoms with E-state index in [1.807, 2.05) is 24.4 Å². The highest BCUT2D eigenvalue weighted by molar-refractivity contribution is 5.80. The van der Waals surface area contributed by atoms with Gasteiger partial charge >= 0.3 is 5.97 Å². The molecule has 4 nitrogen and oxygen atoms in total. The average Bonchev–Trinajstić information content (AvgIpc) is 3.04. The molecule has 0 aliphatic carbocycles. The van der Waals surface area contributed by atoms with Gasteiger partial charge in [-0.2, -0.15) is 0 Å². The van der Waals surface area contributed by atoms with Gasteiger partial charge in [0.2, 0.25) is 0 Å². The predicted octanol–water partition coefficient (Wildman–Crippen LogP) is 3.31. The number of benzene rings is 2. The molecule has 118 valence electrons. The highest BCUT2D eigenvalue weighted by Crippen LogP contribution is 2.18. The summed E-state index contributed by atoms with van der Waals surface area (Å²) in [7, 11) is 1.34. The van der Waals surface area contributed by atoms with E-state index in [0.29, 0.717) is 12.1 Å². The van der Waals surface area contributed by atoms with Crippen LogP contribution in [0.4, 0.5) is 4.39 Å². The maximum atomic E-state index is 13.1. The molecule has 3 rings (SSSR count). The minimum Gasteiger partial charge on any atom is -0.468 e. The number of hydrogen-bond acceptors (Lipinski definition) is 3. The Morgan fingerprint density at radius 1 is 1.22 bits per heavy atom. The van der Waals surface area contributed by atoms with Crippen LogP contribution in [0.2, 0.25) is 0 Å². The fraction of sp³-hybridized carbons (Fsp3) is 0.167. The van der Waals surface area contributed by atoms with Crippen molar-refractivity contribution in [2.75, 3.05) is 7.11 Å². The summed E-state index contributed by atoms with van der Waals surface area (Å²) in [5, 5.41) is 4.28. The summed E-state index contributed by atoms with van der Waals surface area (Å²) in [6.07, 6.45) is 1.89. The number of carbonyl (C=O) groups excluding carboxylic acids is 1. The first-order valence-electron chi connectivity index (χ1n) is 7.30. The van der Waals surface area contributed by atoms with Gasteiger partial charge in [-0.15, -0.1) is 0 Å². The quantitative estimate of drug-likeness (QED) is 0.711. The minimum atomic E-state index is -0.637. The maximum Gasteiger partial charge on any atom is 0.327 e. The summed E-state index contributed by atoms with van der Waals surface area (Å²) < 4.78 is 17.9. The fourth-order valence-electron chi connectivity index (χ4n) is 2.54. The maximum absolute atomic E-state index is 13.1. The number of H-pyrrole nitrogens is 1. The first-order valence-corrected chi connectivity index (χ1v) is 7.30. The van der Waals surface area contributed by atoms with Crippen molar-refractivity contribution in [2.24, 2.45) is 0 Å². The number of aromatic nitrogens is 1. The molecule has 1 unspecified atom stereocenters. The summed E-state index contributed by atoms with van der Waals surface area (Å²) in [5.41, 5.74) is 2.78. The van der Waals surface area contributed by atoms with Crippen LogP contribution in [-0.4, -0.2) is 18.1 Å². The van der Waals surface area contributed by atoms with Gasteiger partial charge in [0.1, 0.15) is 11.9 Å². The van der Waals surface area contributed by atoms with Crippen LogP contribution in [0.5, 0.6) is 0 Å². The lowest BCUT2D eigenvalue weighted by molar-refractivity contribution is -0.143.